The summed E-state index contributed by atoms with van der Waals surface area (Å²) >= 11 is 0. The molecule has 5 heteroatoms. The summed E-state index contributed by atoms with van der Waals surface area (Å²) in [4.78, 5) is 14.2. The molecule has 1 aromatic rings. The molecule has 0 spiro atoms. The largest absolute Gasteiger partial charge is 0.397 e. The normalized spacial score (nSPS) is 16.9. The van der Waals surface area contributed by atoms with Gasteiger partial charge in [0.25, 0.3) is 0 Å². The van der Waals surface area contributed by atoms with Crippen LogP contribution in [0.4, 0.5) is 15.8 Å². The van der Waals surface area contributed by atoms with Gasteiger partial charge in [0.15, 0.2) is 0 Å². The number of hydrogen-bond acceptors (Lipinski definition) is 3. The minimum atomic E-state index is -0.400. The van der Waals surface area contributed by atoms with E-state index in [0.717, 1.165) is 19.0 Å². The zero-order valence-corrected chi connectivity index (χ0v) is 12.6. The number of likely N-dealkylation sites (tertiary alicyclic amines) is 1. The smallest absolute Gasteiger partial charge is 0.238 e. The Hall–Kier alpha value is -1.62. The number of carbonyl (C=O) groups is 1. The van der Waals surface area contributed by atoms with Crippen LogP contribution >= 0.6 is 0 Å². The van der Waals surface area contributed by atoms with E-state index in [1.54, 1.807) is 0 Å². The van der Waals surface area contributed by atoms with Gasteiger partial charge in [0.05, 0.1) is 17.9 Å². The molecule has 1 aliphatic rings. The van der Waals surface area contributed by atoms with E-state index in [0.29, 0.717) is 12.2 Å². The van der Waals surface area contributed by atoms with E-state index in [-0.39, 0.29) is 11.6 Å². The number of hydrogen-bond donors (Lipinski definition) is 2. The van der Waals surface area contributed by atoms with Crippen molar-refractivity contribution in [2.24, 2.45) is 5.92 Å². The Morgan fingerprint density at radius 2 is 2.14 bits per heavy atom. The molecule has 1 heterocycles. The van der Waals surface area contributed by atoms with Crippen molar-refractivity contribution in [1.82, 2.24) is 4.90 Å². The molecule has 1 aliphatic heterocycles. The molecule has 116 valence electrons. The first-order valence-corrected chi connectivity index (χ1v) is 7.65. The van der Waals surface area contributed by atoms with Gasteiger partial charge in [0.2, 0.25) is 5.91 Å². The van der Waals surface area contributed by atoms with Crippen molar-refractivity contribution in [2.75, 3.05) is 30.7 Å². The van der Waals surface area contributed by atoms with Crippen molar-refractivity contribution < 1.29 is 9.18 Å². The number of halogens is 1. The number of carbonyl (C=O) groups excluding carboxylic acids is 1. The first kappa shape index (κ1) is 15.8. The summed E-state index contributed by atoms with van der Waals surface area (Å²) in [6, 6.07) is 4.00. The van der Waals surface area contributed by atoms with E-state index in [1.165, 1.54) is 43.9 Å². The molecule has 0 aliphatic carbocycles. The fourth-order valence-electron chi connectivity index (χ4n) is 2.88. The lowest BCUT2D eigenvalue weighted by Crippen LogP contribution is -2.39. The number of nitrogens with zero attached hydrogens (tertiary/aromatic N) is 1. The average molecular weight is 293 g/mol. The van der Waals surface area contributed by atoms with E-state index in [1.807, 2.05) is 0 Å². The summed E-state index contributed by atoms with van der Waals surface area (Å²) in [7, 11) is 0. The van der Waals surface area contributed by atoms with Crippen LogP contribution in [0.15, 0.2) is 18.2 Å². The van der Waals surface area contributed by atoms with Crippen molar-refractivity contribution in [2.45, 2.75) is 32.6 Å². The van der Waals surface area contributed by atoms with Crippen LogP contribution < -0.4 is 11.1 Å². The van der Waals surface area contributed by atoms with Gasteiger partial charge < -0.3 is 11.1 Å². The molecule has 0 atom stereocenters. The highest BCUT2D eigenvalue weighted by atomic mass is 19.1. The molecule has 1 saturated heterocycles. The summed E-state index contributed by atoms with van der Waals surface area (Å²) in [6.07, 6.45) is 4.85. The Balaban J connectivity index is 1.80. The van der Waals surface area contributed by atoms with Gasteiger partial charge in [-0.1, -0.05) is 19.8 Å². The van der Waals surface area contributed by atoms with Gasteiger partial charge in [-0.15, -0.1) is 0 Å². The number of nitrogen functional groups attached to an aromatic ring is 1. The van der Waals surface area contributed by atoms with Gasteiger partial charge in [-0.3, -0.25) is 9.69 Å². The molecule has 1 fully saturated rings. The third-order valence-corrected chi connectivity index (χ3v) is 4.06. The van der Waals surface area contributed by atoms with Crippen molar-refractivity contribution >= 4 is 17.3 Å². The monoisotopic (exact) mass is 293 g/mol. The highest BCUT2D eigenvalue weighted by Crippen LogP contribution is 2.22. The molecule has 0 unspecified atom stereocenters. The quantitative estimate of drug-likeness (QED) is 0.821. The highest BCUT2D eigenvalue weighted by molar-refractivity contribution is 5.95. The number of amides is 1. The Kier molecular flexibility index (Phi) is 5.56. The second-order valence-corrected chi connectivity index (χ2v) is 5.79. The van der Waals surface area contributed by atoms with Crippen LogP contribution in [0.2, 0.25) is 0 Å². The molecule has 0 saturated carbocycles. The van der Waals surface area contributed by atoms with E-state index in [4.69, 9.17) is 5.73 Å². The van der Waals surface area contributed by atoms with Gasteiger partial charge in [-0.25, -0.2) is 4.39 Å². The maximum atomic E-state index is 13.0. The van der Waals surface area contributed by atoms with Gasteiger partial charge in [0.1, 0.15) is 5.82 Å². The number of anilines is 2. The molecule has 1 amide bonds. The summed E-state index contributed by atoms with van der Waals surface area (Å²) in [5, 5.41) is 2.75. The van der Waals surface area contributed by atoms with Gasteiger partial charge in [-0.2, -0.15) is 0 Å². The summed E-state index contributed by atoms with van der Waals surface area (Å²) in [5.41, 5.74) is 6.41. The van der Waals surface area contributed by atoms with Crippen LogP contribution in [0.5, 0.6) is 0 Å². The molecular weight excluding hydrogens is 269 g/mol. The SMILES string of the molecule is CCCC1CCN(CC(=O)Nc2ccc(F)cc2N)CC1. The van der Waals surface area contributed by atoms with Crippen LogP contribution in [0.25, 0.3) is 0 Å². The number of benzene rings is 1. The van der Waals surface area contributed by atoms with Crippen molar-refractivity contribution in [1.29, 1.82) is 0 Å². The van der Waals surface area contributed by atoms with E-state index >= 15 is 0 Å². The van der Waals surface area contributed by atoms with Crippen LogP contribution in [-0.2, 0) is 4.79 Å². The van der Waals surface area contributed by atoms with Gasteiger partial charge in [0, 0.05) is 0 Å². The fraction of sp³-hybridized carbons (Fsp3) is 0.562. The number of nitrogens with two attached hydrogens (primary N) is 1. The number of piperidine rings is 1. The second-order valence-electron chi connectivity index (χ2n) is 5.79. The molecule has 2 rings (SSSR count). The topological polar surface area (TPSA) is 58.4 Å². The molecule has 4 nitrogen and oxygen atoms in total. The molecule has 0 bridgehead atoms. The van der Waals surface area contributed by atoms with Crippen molar-refractivity contribution in [3.63, 3.8) is 0 Å². The van der Waals surface area contributed by atoms with Crippen LogP contribution in [-0.4, -0.2) is 30.4 Å². The molecule has 3 N–H and O–H groups in total. The van der Waals surface area contributed by atoms with Crippen LogP contribution in [0.3, 0.4) is 0 Å². The zero-order valence-electron chi connectivity index (χ0n) is 12.6. The van der Waals surface area contributed by atoms with Crippen LogP contribution in [0.1, 0.15) is 32.6 Å². The van der Waals surface area contributed by atoms with Gasteiger partial charge in [-0.05, 0) is 50.0 Å². The predicted molar refractivity (Wildman–Crippen MR) is 83.5 cm³/mol. The third-order valence-electron chi connectivity index (χ3n) is 4.06. The average Bonchev–Trinajstić information content (AvgIpc) is 2.44. The Morgan fingerprint density at radius 3 is 2.76 bits per heavy atom. The third kappa shape index (κ3) is 4.70. The van der Waals surface area contributed by atoms with Crippen molar-refractivity contribution in [3.8, 4) is 0 Å². The standard InChI is InChI=1S/C16H24FN3O/c1-2-3-12-6-8-20(9-7-12)11-16(21)19-15-5-4-13(17)10-14(15)18/h4-5,10,12H,2-3,6-9,11,18H2,1H3,(H,19,21). The zero-order chi connectivity index (χ0) is 15.2. The predicted octanol–water partition coefficient (Wildman–Crippen LogP) is 2.86. The summed E-state index contributed by atoms with van der Waals surface area (Å²) in [6.45, 7) is 4.52. The number of nitrogens with one attached hydrogen (secondary N) is 1. The Labute approximate surface area is 125 Å². The number of rotatable bonds is 5. The molecule has 0 aromatic heterocycles. The first-order chi connectivity index (χ1) is 10.1. The van der Waals surface area contributed by atoms with Crippen molar-refractivity contribution in [3.05, 3.63) is 24.0 Å². The highest BCUT2D eigenvalue weighted by Gasteiger charge is 2.20. The maximum Gasteiger partial charge on any atom is 0.238 e. The second kappa shape index (κ2) is 7.41. The lowest BCUT2D eigenvalue weighted by atomic mass is 9.92. The first-order valence-electron chi connectivity index (χ1n) is 7.65. The fourth-order valence-corrected chi connectivity index (χ4v) is 2.88. The van der Waals surface area contributed by atoms with E-state index < -0.39 is 5.82 Å². The van der Waals surface area contributed by atoms with Crippen LogP contribution in [0, 0.1) is 11.7 Å². The Bertz CT molecular complexity index is 484. The summed E-state index contributed by atoms with van der Waals surface area (Å²) < 4.78 is 13.0. The minimum Gasteiger partial charge on any atom is -0.397 e. The summed E-state index contributed by atoms with van der Waals surface area (Å²) in [5.74, 6) is 0.313. The lowest BCUT2D eigenvalue weighted by Gasteiger charge is -2.31. The maximum absolute atomic E-state index is 13.0. The molecular formula is C16H24FN3O. The lowest BCUT2D eigenvalue weighted by molar-refractivity contribution is -0.117. The van der Waals surface area contributed by atoms with E-state index in [9.17, 15) is 9.18 Å². The van der Waals surface area contributed by atoms with E-state index in [2.05, 4.69) is 17.1 Å². The molecule has 1 aromatic carbocycles. The Morgan fingerprint density at radius 1 is 1.43 bits per heavy atom. The minimum absolute atomic E-state index is 0.0951. The molecule has 0 radical (unpaired) electrons. The molecule has 21 heavy (non-hydrogen) atoms. The van der Waals surface area contributed by atoms with Gasteiger partial charge >= 0.3 is 0 Å².